The van der Waals surface area contributed by atoms with Gasteiger partial charge in [-0.15, -0.1) is 11.6 Å². The lowest BCUT2D eigenvalue weighted by atomic mass is 9.94. The highest BCUT2D eigenvalue weighted by Crippen LogP contribution is 2.29. The van der Waals surface area contributed by atoms with Gasteiger partial charge in [-0.25, -0.2) is 0 Å². The average molecular weight is 439 g/mol. The molecule has 4 rings (SSSR count). The maximum atomic E-state index is 12.8. The van der Waals surface area contributed by atoms with Gasteiger partial charge in [0.05, 0.1) is 35.0 Å². The molecule has 0 bridgehead atoms. The van der Waals surface area contributed by atoms with Gasteiger partial charge in [0.2, 0.25) is 0 Å². The van der Waals surface area contributed by atoms with Crippen molar-refractivity contribution in [3.8, 4) is 0 Å². The van der Waals surface area contributed by atoms with Crippen LogP contribution in [0, 0.1) is 0 Å². The van der Waals surface area contributed by atoms with E-state index in [2.05, 4.69) is 20.0 Å². The standard InChI is InChI=1S/C22H16Cl2N4O2/c23-15-7-17-18(8-16(15)24)28-20(10-22(30)14-4-2-6-26-12-14)19(27-17)9-21(29)13-3-1-5-25-11-13/h1-8,11-12,15,20H,9-10H2. The molecule has 8 heteroatoms. The van der Waals surface area contributed by atoms with E-state index in [4.69, 9.17) is 23.2 Å². The second kappa shape index (κ2) is 8.81. The van der Waals surface area contributed by atoms with Gasteiger partial charge >= 0.3 is 0 Å². The van der Waals surface area contributed by atoms with Crippen molar-refractivity contribution in [2.75, 3.05) is 0 Å². The normalized spacial score (nSPS) is 20.3. The lowest BCUT2D eigenvalue weighted by Gasteiger charge is -2.24. The minimum Gasteiger partial charge on any atom is -0.294 e. The molecule has 2 atom stereocenters. The van der Waals surface area contributed by atoms with E-state index in [0.29, 0.717) is 33.3 Å². The SMILES string of the molecule is O=C(CC1=NC2=CC(Cl)C(Cl)=CC2=NC1CC(=O)c1cccnc1)c1cccnc1. The van der Waals surface area contributed by atoms with Crippen molar-refractivity contribution in [2.45, 2.75) is 24.3 Å². The van der Waals surface area contributed by atoms with E-state index in [1.54, 1.807) is 48.8 Å². The summed E-state index contributed by atoms with van der Waals surface area (Å²) in [5.74, 6) is -0.278. The summed E-state index contributed by atoms with van der Waals surface area (Å²) in [6.45, 7) is 0. The van der Waals surface area contributed by atoms with Gasteiger partial charge in [-0.1, -0.05) is 11.6 Å². The fourth-order valence-electron chi connectivity index (χ4n) is 3.19. The van der Waals surface area contributed by atoms with Gasteiger partial charge in [0.1, 0.15) is 0 Å². The molecule has 0 saturated carbocycles. The summed E-state index contributed by atoms with van der Waals surface area (Å²) >= 11 is 12.4. The van der Waals surface area contributed by atoms with Crippen molar-refractivity contribution in [1.82, 2.24) is 9.97 Å². The second-order valence-corrected chi connectivity index (χ2v) is 7.73. The van der Waals surface area contributed by atoms with E-state index in [0.717, 1.165) is 0 Å². The van der Waals surface area contributed by atoms with Crippen molar-refractivity contribution < 1.29 is 9.59 Å². The van der Waals surface area contributed by atoms with Crippen molar-refractivity contribution in [3.05, 3.63) is 83.1 Å². The second-order valence-electron chi connectivity index (χ2n) is 6.83. The number of rotatable bonds is 6. The summed E-state index contributed by atoms with van der Waals surface area (Å²) in [5, 5.41) is -0.0743. The molecule has 1 aliphatic carbocycles. The number of alkyl halides is 1. The molecule has 3 heterocycles. The third-order valence-corrected chi connectivity index (χ3v) is 5.55. The van der Waals surface area contributed by atoms with Crippen LogP contribution in [-0.2, 0) is 0 Å². The van der Waals surface area contributed by atoms with Crippen molar-refractivity contribution in [3.63, 3.8) is 0 Å². The van der Waals surface area contributed by atoms with Gasteiger partial charge < -0.3 is 0 Å². The van der Waals surface area contributed by atoms with Gasteiger partial charge in [-0.05, 0) is 36.4 Å². The lowest BCUT2D eigenvalue weighted by Crippen LogP contribution is -2.31. The summed E-state index contributed by atoms with van der Waals surface area (Å²) in [4.78, 5) is 42.8. The lowest BCUT2D eigenvalue weighted by molar-refractivity contribution is 0.0971. The highest BCUT2D eigenvalue weighted by atomic mass is 35.5. The number of carbonyl (C=O) groups excluding carboxylic acids is 2. The molecule has 0 saturated heterocycles. The highest BCUT2D eigenvalue weighted by molar-refractivity contribution is 6.41. The molecule has 0 aromatic carbocycles. The Morgan fingerprint density at radius 1 is 1.00 bits per heavy atom. The Morgan fingerprint density at radius 3 is 2.30 bits per heavy atom. The molecular formula is C22H16Cl2N4O2. The predicted molar refractivity (Wildman–Crippen MR) is 117 cm³/mol. The minimum absolute atomic E-state index is 0.0230. The van der Waals surface area contributed by atoms with Gasteiger partial charge in [0.15, 0.2) is 11.6 Å². The molecule has 0 spiro atoms. The van der Waals surface area contributed by atoms with E-state index in [1.807, 2.05) is 0 Å². The zero-order valence-corrected chi connectivity index (χ0v) is 17.2. The first-order chi connectivity index (χ1) is 14.5. The maximum Gasteiger partial charge on any atom is 0.170 e. The number of allylic oxidation sites excluding steroid dienone is 3. The zero-order chi connectivity index (χ0) is 21.1. The first kappa shape index (κ1) is 20.3. The van der Waals surface area contributed by atoms with Crippen LogP contribution in [0.5, 0.6) is 0 Å². The van der Waals surface area contributed by atoms with Gasteiger partial charge in [0, 0.05) is 47.4 Å². The molecule has 150 valence electrons. The minimum atomic E-state index is -0.585. The Labute approximate surface area is 183 Å². The first-order valence-corrected chi connectivity index (χ1v) is 10.1. The summed E-state index contributed by atoms with van der Waals surface area (Å²) in [7, 11) is 0. The van der Waals surface area contributed by atoms with Crippen LogP contribution < -0.4 is 0 Å². The monoisotopic (exact) mass is 438 g/mol. The molecule has 0 radical (unpaired) electrons. The van der Waals surface area contributed by atoms with E-state index < -0.39 is 11.4 Å². The molecule has 6 nitrogen and oxygen atoms in total. The fraction of sp³-hybridized carbons (Fsp3) is 0.182. The fourth-order valence-corrected chi connectivity index (χ4v) is 3.54. The molecule has 0 amide bonds. The predicted octanol–water partition coefficient (Wildman–Crippen LogP) is 4.21. The number of nitrogens with zero attached hydrogens (tertiary/aromatic N) is 4. The number of hydrogen-bond donors (Lipinski definition) is 0. The summed E-state index contributed by atoms with van der Waals surface area (Å²) in [5.41, 5.74) is 2.57. The number of hydrogen-bond acceptors (Lipinski definition) is 6. The number of aliphatic imine (C=N–C) groups is 2. The third-order valence-electron chi connectivity index (χ3n) is 4.74. The number of pyridine rings is 2. The molecule has 0 fully saturated rings. The van der Waals surface area contributed by atoms with Crippen LogP contribution in [0.15, 0.2) is 81.9 Å². The Hall–Kier alpha value is -2.96. The first-order valence-electron chi connectivity index (χ1n) is 9.26. The summed E-state index contributed by atoms with van der Waals surface area (Å²) in [6, 6.07) is 6.21. The molecule has 0 N–H and O–H groups in total. The molecular weight excluding hydrogens is 423 g/mol. The molecule has 2 aromatic heterocycles. The third kappa shape index (κ3) is 4.45. The van der Waals surface area contributed by atoms with E-state index in [-0.39, 0.29) is 24.4 Å². The smallest absolute Gasteiger partial charge is 0.170 e. The Balaban J connectivity index is 1.64. The Morgan fingerprint density at radius 2 is 1.67 bits per heavy atom. The van der Waals surface area contributed by atoms with Crippen LogP contribution >= 0.6 is 23.2 Å². The van der Waals surface area contributed by atoms with Gasteiger partial charge in [-0.2, -0.15) is 0 Å². The Kier molecular flexibility index (Phi) is 5.97. The number of halogens is 2. The largest absolute Gasteiger partial charge is 0.294 e. The van der Waals surface area contributed by atoms with E-state index in [1.165, 1.54) is 12.4 Å². The number of fused-ring (bicyclic) bond motifs is 1. The zero-order valence-electron chi connectivity index (χ0n) is 15.7. The maximum absolute atomic E-state index is 12.8. The number of carbonyl (C=O) groups is 2. The topological polar surface area (TPSA) is 84.6 Å². The quantitative estimate of drug-likeness (QED) is 0.499. The van der Waals surface area contributed by atoms with Gasteiger partial charge in [0.25, 0.3) is 0 Å². The van der Waals surface area contributed by atoms with Crippen molar-refractivity contribution in [1.29, 1.82) is 0 Å². The molecule has 1 aliphatic heterocycles. The van der Waals surface area contributed by atoms with E-state index >= 15 is 0 Å². The molecule has 2 aliphatic rings. The highest BCUT2D eigenvalue weighted by Gasteiger charge is 2.29. The van der Waals surface area contributed by atoms with Crippen LogP contribution in [-0.4, -0.2) is 44.4 Å². The van der Waals surface area contributed by atoms with Crippen LogP contribution in [0.2, 0.25) is 0 Å². The van der Waals surface area contributed by atoms with Crippen molar-refractivity contribution >= 4 is 46.2 Å². The number of ketones is 2. The van der Waals surface area contributed by atoms with Crippen LogP contribution in [0.4, 0.5) is 0 Å². The molecule has 2 aromatic rings. The molecule has 2 unspecified atom stereocenters. The van der Waals surface area contributed by atoms with Crippen LogP contribution in [0.1, 0.15) is 33.6 Å². The Bertz CT molecular complexity index is 1110. The van der Waals surface area contributed by atoms with Crippen LogP contribution in [0.3, 0.4) is 0 Å². The van der Waals surface area contributed by atoms with E-state index in [9.17, 15) is 9.59 Å². The number of Topliss-reactive ketones (excluding diaryl/α,β-unsaturated/α-hetero) is 2. The van der Waals surface area contributed by atoms with Gasteiger partial charge in [-0.3, -0.25) is 29.5 Å². The van der Waals surface area contributed by atoms with Crippen LogP contribution in [0.25, 0.3) is 0 Å². The molecule has 30 heavy (non-hydrogen) atoms. The summed E-state index contributed by atoms with van der Waals surface area (Å²) in [6.07, 6.45) is 9.66. The number of aromatic nitrogens is 2. The summed E-state index contributed by atoms with van der Waals surface area (Å²) < 4.78 is 0. The van der Waals surface area contributed by atoms with Crippen molar-refractivity contribution in [2.24, 2.45) is 9.98 Å². The average Bonchev–Trinajstić information content (AvgIpc) is 2.76.